The van der Waals surface area contributed by atoms with Crippen LogP contribution in [0.25, 0.3) is 0 Å². The molecule has 3 atom stereocenters. The highest BCUT2D eigenvalue weighted by Gasteiger charge is 2.27. The highest BCUT2D eigenvalue weighted by Crippen LogP contribution is 2.31. The molecule has 0 bridgehead atoms. The van der Waals surface area contributed by atoms with Crippen LogP contribution >= 0.6 is 0 Å². The molecule has 0 heterocycles. The Morgan fingerprint density at radius 3 is 2.06 bits per heavy atom. The van der Waals surface area contributed by atoms with Gasteiger partial charge in [-0.2, -0.15) is 0 Å². The zero-order valence-electron chi connectivity index (χ0n) is 12.3. The number of aliphatic hydroxyl groups is 1. The Bertz CT molecular complexity index is 318. The van der Waals surface area contributed by atoms with Crippen molar-refractivity contribution in [2.24, 2.45) is 23.7 Å². The first-order valence-electron chi connectivity index (χ1n) is 7.24. The van der Waals surface area contributed by atoms with Gasteiger partial charge in [0.2, 0.25) is 0 Å². The van der Waals surface area contributed by atoms with Crippen molar-refractivity contribution < 1.29 is 5.11 Å². The van der Waals surface area contributed by atoms with E-state index in [-0.39, 0.29) is 0 Å². The van der Waals surface area contributed by atoms with Crippen molar-refractivity contribution >= 4 is 0 Å². The van der Waals surface area contributed by atoms with Gasteiger partial charge in [0.15, 0.2) is 0 Å². The van der Waals surface area contributed by atoms with Gasteiger partial charge in [-0.1, -0.05) is 64.4 Å². The van der Waals surface area contributed by atoms with Crippen LogP contribution in [0.1, 0.15) is 39.7 Å². The van der Waals surface area contributed by atoms with Crippen LogP contribution < -0.4 is 0 Å². The summed E-state index contributed by atoms with van der Waals surface area (Å²) in [6.07, 6.45) is 2.22. The maximum atomic E-state index is 9.72. The summed E-state index contributed by atoms with van der Waals surface area (Å²) in [6.45, 7) is 9.34. The third-order valence-corrected chi connectivity index (χ3v) is 4.31. The molecule has 0 aliphatic carbocycles. The van der Waals surface area contributed by atoms with E-state index >= 15 is 0 Å². The second-order valence-corrected chi connectivity index (χ2v) is 5.83. The molecule has 0 aliphatic heterocycles. The van der Waals surface area contributed by atoms with Crippen molar-refractivity contribution in [3.63, 3.8) is 0 Å². The maximum absolute atomic E-state index is 9.72. The lowest BCUT2D eigenvalue weighted by Gasteiger charge is -2.33. The van der Waals surface area contributed by atoms with Crippen LogP contribution in [-0.2, 0) is 6.42 Å². The zero-order valence-corrected chi connectivity index (χ0v) is 12.3. The molecule has 0 aromatic heterocycles. The summed E-state index contributed by atoms with van der Waals surface area (Å²) in [6, 6.07) is 10.7. The Hall–Kier alpha value is -0.820. The molecule has 0 aliphatic rings. The van der Waals surface area contributed by atoms with Gasteiger partial charge < -0.3 is 5.11 Å². The van der Waals surface area contributed by atoms with E-state index in [9.17, 15) is 5.11 Å². The van der Waals surface area contributed by atoms with Crippen LogP contribution in [0.15, 0.2) is 30.3 Å². The molecule has 1 rings (SSSR count). The van der Waals surface area contributed by atoms with Gasteiger partial charge in [-0.05, 0) is 35.7 Å². The van der Waals surface area contributed by atoms with E-state index in [0.29, 0.717) is 30.3 Å². The Labute approximate surface area is 112 Å². The molecule has 18 heavy (non-hydrogen) atoms. The largest absolute Gasteiger partial charge is 0.396 e. The first kappa shape index (κ1) is 15.2. The number of benzene rings is 1. The molecule has 1 aromatic rings. The van der Waals surface area contributed by atoms with E-state index in [0.717, 1.165) is 12.8 Å². The lowest BCUT2D eigenvalue weighted by atomic mass is 9.73. The lowest BCUT2D eigenvalue weighted by molar-refractivity contribution is 0.0992. The monoisotopic (exact) mass is 248 g/mol. The fraction of sp³-hybridized carbons (Fsp3) is 0.647. The number of aliphatic hydroxyl groups excluding tert-OH is 1. The average molecular weight is 248 g/mol. The molecule has 0 saturated carbocycles. The van der Waals surface area contributed by atoms with Gasteiger partial charge in [-0.3, -0.25) is 0 Å². The normalized spacial score (nSPS) is 16.6. The smallest absolute Gasteiger partial charge is 0.0464 e. The Morgan fingerprint density at radius 2 is 1.61 bits per heavy atom. The molecule has 0 amide bonds. The van der Waals surface area contributed by atoms with Gasteiger partial charge in [0.25, 0.3) is 0 Å². The topological polar surface area (TPSA) is 20.2 Å². The molecule has 0 fully saturated rings. The van der Waals surface area contributed by atoms with E-state index in [1.165, 1.54) is 5.56 Å². The van der Waals surface area contributed by atoms with E-state index in [1.807, 2.05) is 0 Å². The minimum absolute atomic E-state index is 0.310. The first-order chi connectivity index (χ1) is 8.60. The molecule has 0 spiro atoms. The summed E-state index contributed by atoms with van der Waals surface area (Å²) in [5.41, 5.74) is 1.39. The Morgan fingerprint density at radius 1 is 1.00 bits per heavy atom. The second-order valence-electron chi connectivity index (χ2n) is 5.83. The van der Waals surface area contributed by atoms with Gasteiger partial charge in [-0.25, -0.2) is 0 Å². The second kappa shape index (κ2) is 7.58. The Balaban J connectivity index is 2.81. The van der Waals surface area contributed by atoms with Gasteiger partial charge in [0, 0.05) is 6.61 Å². The van der Waals surface area contributed by atoms with E-state index in [2.05, 4.69) is 58.0 Å². The van der Waals surface area contributed by atoms with Gasteiger partial charge >= 0.3 is 0 Å². The van der Waals surface area contributed by atoms with Crippen molar-refractivity contribution in [3.8, 4) is 0 Å². The van der Waals surface area contributed by atoms with E-state index in [4.69, 9.17) is 0 Å². The summed E-state index contributed by atoms with van der Waals surface area (Å²) in [4.78, 5) is 0. The van der Waals surface area contributed by atoms with Crippen molar-refractivity contribution in [1.29, 1.82) is 0 Å². The summed E-state index contributed by atoms with van der Waals surface area (Å²) in [5, 5.41) is 9.72. The molecule has 1 N–H and O–H groups in total. The van der Waals surface area contributed by atoms with Crippen LogP contribution in [0.5, 0.6) is 0 Å². The summed E-state index contributed by atoms with van der Waals surface area (Å²) in [7, 11) is 0. The predicted octanol–water partition coefficient (Wildman–Crippen LogP) is 4.16. The first-order valence-corrected chi connectivity index (χ1v) is 7.24. The van der Waals surface area contributed by atoms with Crippen LogP contribution in [0.4, 0.5) is 0 Å². The number of rotatable bonds is 7. The lowest BCUT2D eigenvalue weighted by Crippen LogP contribution is -2.30. The van der Waals surface area contributed by atoms with Crippen molar-refractivity contribution in [2.45, 2.75) is 40.5 Å². The molecule has 0 saturated heterocycles. The molecule has 102 valence electrons. The Kier molecular flexibility index (Phi) is 6.42. The molecular formula is C17H28O. The van der Waals surface area contributed by atoms with Crippen molar-refractivity contribution in [2.75, 3.05) is 6.61 Å². The fourth-order valence-electron chi connectivity index (χ4n) is 2.81. The number of hydrogen-bond donors (Lipinski definition) is 1. The summed E-state index contributed by atoms with van der Waals surface area (Å²) in [5.74, 6) is 2.17. The van der Waals surface area contributed by atoms with Crippen LogP contribution in [0.3, 0.4) is 0 Å². The van der Waals surface area contributed by atoms with Crippen LogP contribution in [0.2, 0.25) is 0 Å². The van der Waals surface area contributed by atoms with Gasteiger partial charge in [-0.15, -0.1) is 0 Å². The average Bonchev–Trinajstić information content (AvgIpc) is 2.39. The van der Waals surface area contributed by atoms with Crippen LogP contribution in [-0.4, -0.2) is 11.7 Å². The van der Waals surface area contributed by atoms with Gasteiger partial charge in [0.05, 0.1) is 0 Å². The minimum Gasteiger partial charge on any atom is -0.396 e. The molecule has 1 nitrogen and oxygen atoms in total. The molecule has 1 aromatic carbocycles. The SMILES string of the molecule is CCC(C)C(CO)C(Cc1ccccc1)C(C)C. The van der Waals surface area contributed by atoms with E-state index < -0.39 is 0 Å². The molecular weight excluding hydrogens is 220 g/mol. The highest BCUT2D eigenvalue weighted by molar-refractivity contribution is 5.15. The maximum Gasteiger partial charge on any atom is 0.0464 e. The molecule has 3 unspecified atom stereocenters. The standard InChI is InChI=1S/C17H28O/c1-5-14(4)17(12-18)16(13(2)3)11-15-9-7-6-8-10-15/h6-10,13-14,16-18H,5,11-12H2,1-4H3. The van der Waals surface area contributed by atoms with Crippen molar-refractivity contribution in [1.82, 2.24) is 0 Å². The fourth-order valence-corrected chi connectivity index (χ4v) is 2.81. The van der Waals surface area contributed by atoms with Gasteiger partial charge in [0.1, 0.15) is 0 Å². The summed E-state index contributed by atoms with van der Waals surface area (Å²) >= 11 is 0. The molecule has 0 radical (unpaired) electrons. The van der Waals surface area contributed by atoms with Crippen molar-refractivity contribution in [3.05, 3.63) is 35.9 Å². The predicted molar refractivity (Wildman–Crippen MR) is 78.5 cm³/mol. The quantitative estimate of drug-likeness (QED) is 0.768. The summed E-state index contributed by atoms with van der Waals surface area (Å²) < 4.78 is 0. The van der Waals surface area contributed by atoms with Crippen LogP contribution in [0, 0.1) is 23.7 Å². The number of hydrogen-bond acceptors (Lipinski definition) is 1. The minimum atomic E-state index is 0.310. The third-order valence-electron chi connectivity index (χ3n) is 4.31. The van der Waals surface area contributed by atoms with E-state index in [1.54, 1.807) is 0 Å². The zero-order chi connectivity index (χ0) is 13.5. The third kappa shape index (κ3) is 4.13. The highest BCUT2D eigenvalue weighted by atomic mass is 16.3. The molecule has 1 heteroatoms.